The van der Waals surface area contributed by atoms with Crippen molar-refractivity contribution < 1.29 is 19.0 Å². The predicted octanol–water partition coefficient (Wildman–Crippen LogP) is 4.52. The maximum Gasteiger partial charge on any atom is 0.253 e. The van der Waals surface area contributed by atoms with Gasteiger partial charge in [0.05, 0.1) is 7.11 Å². The molecule has 0 heterocycles. The molecule has 0 radical (unpaired) electrons. The van der Waals surface area contributed by atoms with E-state index in [-0.39, 0.29) is 19.1 Å². The molecule has 5 nitrogen and oxygen atoms in total. The number of benzene rings is 2. The Balaban J connectivity index is 0.00000249. The van der Waals surface area contributed by atoms with Crippen molar-refractivity contribution in [3.05, 3.63) is 59.2 Å². The van der Waals surface area contributed by atoms with E-state index in [1.54, 1.807) is 13.2 Å². The first kappa shape index (κ1) is 26.9. The van der Waals surface area contributed by atoms with E-state index in [1.165, 1.54) is 0 Å². The summed E-state index contributed by atoms with van der Waals surface area (Å²) in [5.74, 6) is 6.12. The topological polar surface area (TPSA) is 56.8 Å². The molecule has 0 aliphatic rings. The van der Waals surface area contributed by atoms with Crippen LogP contribution in [0, 0.1) is 24.7 Å². The molecule has 0 aliphatic carbocycles. The number of carbonyl (C=O) groups excluding carboxylic acids is 1. The molecule has 0 spiro atoms. The molecule has 0 aromatic heterocycles. The Kier molecular flexibility index (Phi) is 13.2. The van der Waals surface area contributed by atoms with Crippen molar-refractivity contribution in [2.45, 2.75) is 32.3 Å². The molecule has 1 unspecified atom stereocenters. The highest BCUT2D eigenvalue weighted by molar-refractivity contribution is 6.17. The van der Waals surface area contributed by atoms with Crippen LogP contribution in [0.3, 0.4) is 0 Å². The molecule has 0 saturated heterocycles. The van der Waals surface area contributed by atoms with Crippen LogP contribution in [0.25, 0.3) is 0 Å². The van der Waals surface area contributed by atoms with Gasteiger partial charge >= 0.3 is 0 Å². The zero-order valence-corrected chi connectivity index (χ0v) is 19.6. The van der Waals surface area contributed by atoms with Gasteiger partial charge in [-0.3, -0.25) is 4.79 Å². The quantitative estimate of drug-likeness (QED) is 0.399. The number of hydrogen-bond donors (Lipinski definition) is 1. The molecule has 2 aromatic carbocycles. The number of terminal acetylenes is 2. The van der Waals surface area contributed by atoms with Gasteiger partial charge in [0.1, 0.15) is 13.2 Å². The fourth-order valence-electron chi connectivity index (χ4n) is 2.77. The average Bonchev–Trinajstić information content (AvgIpc) is 2.85. The van der Waals surface area contributed by atoms with Crippen LogP contribution in [0.2, 0.25) is 0 Å². The second-order valence-corrected chi connectivity index (χ2v) is 6.56. The Labute approximate surface area is 196 Å². The summed E-state index contributed by atoms with van der Waals surface area (Å²) in [6, 6.07) is 12.9. The van der Waals surface area contributed by atoms with E-state index < -0.39 is 6.10 Å². The number of amides is 1. The number of halogens is 1. The van der Waals surface area contributed by atoms with Crippen LogP contribution in [0.5, 0.6) is 11.5 Å². The van der Waals surface area contributed by atoms with Gasteiger partial charge in [0, 0.05) is 12.4 Å². The van der Waals surface area contributed by atoms with Crippen molar-refractivity contribution in [2.24, 2.45) is 0 Å². The van der Waals surface area contributed by atoms with Crippen molar-refractivity contribution >= 4 is 17.5 Å². The second-order valence-electron chi connectivity index (χ2n) is 6.29. The summed E-state index contributed by atoms with van der Waals surface area (Å²) in [7, 11) is 1.56. The van der Waals surface area contributed by atoms with Crippen molar-refractivity contribution in [1.29, 1.82) is 0 Å². The van der Waals surface area contributed by atoms with E-state index in [0.717, 1.165) is 11.1 Å². The van der Waals surface area contributed by atoms with E-state index in [4.69, 9.17) is 38.7 Å². The highest BCUT2D eigenvalue weighted by Crippen LogP contribution is 2.28. The maximum absolute atomic E-state index is 12.7. The summed E-state index contributed by atoms with van der Waals surface area (Å²) in [5, 5.41) is 2.90. The first-order chi connectivity index (χ1) is 15.6. The largest absolute Gasteiger partial charge is 0.493 e. The highest BCUT2D eigenvalue weighted by Gasteiger charge is 2.21. The smallest absolute Gasteiger partial charge is 0.253 e. The fourth-order valence-corrected chi connectivity index (χ4v) is 2.94. The molecule has 32 heavy (non-hydrogen) atoms. The molecule has 1 amide bonds. The van der Waals surface area contributed by atoms with Crippen LogP contribution in [0.1, 0.15) is 36.6 Å². The third kappa shape index (κ3) is 8.55. The number of nitrogens with one attached hydrogen (secondary N) is 1. The number of alkyl halides is 1. The summed E-state index contributed by atoms with van der Waals surface area (Å²) in [4.78, 5) is 12.7. The summed E-state index contributed by atoms with van der Waals surface area (Å²) >= 11 is 5.83. The zero-order valence-electron chi connectivity index (χ0n) is 18.8. The van der Waals surface area contributed by atoms with E-state index in [0.29, 0.717) is 35.9 Å². The van der Waals surface area contributed by atoms with Gasteiger partial charge in [0.2, 0.25) is 0 Å². The van der Waals surface area contributed by atoms with Crippen molar-refractivity contribution in [3.8, 4) is 36.2 Å². The molecule has 170 valence electrons. The number of carbonyl (C=O) groups is 1. The lowest BCUT2D eigenvalue weighted by molar-refractivity contribution is -0.132. The molecule has 0 fully saturated rings. The molecule has 1 N–H and O–H groups in total. The molecular weight excluding hydrogens is 426 g/mol. The number of ether oxygens (including phenoxy) is 3. The van der Waals surface area contributed by atoms with Crippen LogP contribution < -0.4 is 14.8 Å². The Morgan fingerprint density at radius 3 is 2.28 bits per heavy atom. The van der Waals surface area contributed by atoms with Gasteiger partial charge < -0.3 is 19.5 Å². The first-order valence-electron chi connectivity index (χ1n) is 10.3. The predicted molar refractivity (Wildman–Crippen MR) is 129 cm³/mol. The molecule has 6 heteroatoms. The third-order valence-corrected chi connectivity index (χ3v) is 4.57. The van der Waals surface area contributed by atoms with E-state index >= 15 is 0 Å². The lowest BCUT2D eigenvalue weighted by Crippen LogP contribution is -2.32. The van der Waals surface area contributed by atoms with E-state index in [1.807, 2.05) is 50.2 Å². The van der Waals surface area contributed by atoms with Gasteiger partial charge in [-0.2, -0.15) is 0 Å². The lowest BCUT2D eigenvalue weighted by Gasteiger charge is -2.17. The summed E-state index contributed by atoms with van der Waals surface area (Å²) in [5.41, 5.74) is 2.65. The van der Waals surface area contributed by atoms with Crippen molar-refractivity contribution in [1.82, 2.24) is 5.32 Å². The molecule has 0 saturated carbocycles. The molecule has 2 rings (SSSR count). The van der Waals surface area contributed by atoms with E-state index in [9.17, 15) is 4.79 Å². The van der Waals surface area contributed by atoms with Gasteiger partial charge in [-0.15, -0.1) is 24.4 Å². The van der Waals surface area contributed by atoms with Gasteiger partial charge in [-0.05, 0) is 35.2 Å². The highest BCUT2D eigenvalue weighted by atomic mass is 35.5. The SMILES string of the molecule is C#CCOc1ccc(CCNC(=O)C(OCC#C)c2ccc(CCl)cc2)cc1OC.CC. The minimum atomic E-state index is -0.792. The fraction of sp³-hybridized carbons (Fsp3) is 0.346. The van der Waals surface area contributed by atoms with Crippen molar-refractivity contribution in [2.75, 3.05) is 26.9 Å². The van der Waals surface area contributed by atoms with Gasteiger partial charge in [-0.1, -0.05) is 56.0 Å². The molecule has 2 aromatic rings. The minimum absolute atomic E-state index is 0.0334. The molecule has 0 aliphatic heterocycles. The monoisotopic (exact) mass is 455 g/mol. The van der Waals surface area contributed by atoms with Gasteiger partial charge in [0.25, 0.3) is 5.91 Å². The average molecular weight is 456 g/mol. The Morgan fingerprint density at radius 2 is 1.69 bits per heavy atom. The summed E-state index contributed by atoms with van der Waals surface area (Å²) in [6.45, 7) is 4.62. The Hall–Kier alpha value is -3.12. The lowest BCUT2D eigenvalue weighted by atomic mass is 10.1. The third-order valence-electron chi connectivity index (χ3n) is 4.26. The van der Waals surface area contributed by atoms with Gasteiger partial charge in [-0.25, -0.2) is 0 Å². The number of methoxy groups -OCH3 is 1. The molecular formula is C26H30ClNO4. The first-order valence-corrected chi connectivity index (χ1v) is 10.9. The Bertz CT molecular complexity index is 913. The van der Waals surface area contributed by atoms with Crippen LogP contribution in [0.15, 0.2) is 42.5 Å². The standard InChI is InChI=1S/C24H24ClNO4.C2H6/c1-4-14-29-21-11-8-18(16-22(21)28-3)12-13-26-24(27)23(30-15-5-2)20-9-6-19(17-25)7-10-20;1-2/h1-2,6-11,16,23H,12-15,17H2,3H3,(H,26,27);1-2H3. The van der Waals surface area contributed by atoms with Gasteiger partial charge in [0.15, 0.2) is 17.6 Å². The van der Waals surface area contributed by atoms with Crippen LogP contribution >= 0.6 is 11.6 Å². The molecule has 0 bridgehead atoms. The minimum Gasteiger partial charge on any atom is -0.493 e. The normalized spacial score (nSPS) is 10.6. The second kappa shape index (κ2) is 15.6. The molecule has 1 atom stereocenters. The zero-order chi connectivity index (χ0) is 23.8. The van der Waals surface area contributed by atoms with Crippen LogP contribution in [-0.2, 0) is 21.8 Å². The number of hydrogen-bond acceptors (Lipinski definition) is 4. The van der Waals surface area contributed by atoms with Crippen LogP contribution in [0.4, 0.5) is 0 Å². The van der Waals surface area contributed by atoms with Crippen LogP contribution in [-0.4, -0.2) is 32.8 Å². The van der Waals surface area contributed by atoms with E-state index in [2.05, 4.69) is 17.2 Å². The van der Waals surface area contributed by atoms with Crippen molar-refractivity contribution in [3.63, 3.8) is 0 Å². The Morgan fingerprint density at radius 1 is 1.03 bits per heavy atom. The summed E-state index contributed by atoms with van der Waals surface area (Å²) < 4.78 is 16.3. The maximum atomic E-state index is 12.7. The summed E-state index contributed by atoms with van der Waals surface area (Å²) in [6.07, 6.45) is 10.3. The number of rotatable bonds is 11.